The largest absolute Gasteiger partial charge is 0.467 e. The number of esters is 1. The van der Waals surface area contributed by atoms with Crippen molar-refractivity contribution in [1.82, 2.24) is 10.6 Å². The first kappa shape index (κ1) is 17.5. The first-order valence-corrected chi connectivity index (χ1v) is 9.03. The summed E-state index contributed by atoms with van der Waals surface area (Å²) in [6.07, 6.45) is 6.37. The van der Waals surface area contributed by atoms with Crippen molar-refractivity contribution in [2.24, 2.45) is 0 Å². The minimum absolute atomic E-state index is 0.283. The van der Waals surface area contributed by atoms with Crippen LogP contribution in [-0.2, 0) is 9.53 Å². The van der Waals surface area contributed by atoms with E-state index in [1.807, 2.05) is 0 Å². The van der Waals surface area contributed by atoms with Crippen LogP contribution in [0.1, 0.15) is 44.4 Å². The molecule has 25 heavy (non-hydrogen) atoms. The molecule has 1 aromatic heterocycles. The summed E-state index contributed by atoms with van der Waals surface area (Å²) in [7, 11) is 0. The number of nitrogens with one attached hydrogen (secondary N) is 3. The van der Waals surface area contributed by atoms with Crippen LogP contribution >= 0.6 is 0 Å². The number of furan rings is 1. The average molecular weight is 348 g/mol. The Balaban J connectivity index is 1.92. The van der Waals surface area contributed by atoms with Gasteiger partial charge in [-0.05, 0) is 44.7 Å². The molecule has 3 heterocycles. The van der Waals surface area contributed by atoms with Crippen LogP contribution in [0, 0.1) is 0 Å². The second-order valence-electron chi connectivity index (χ2n) is 6.50. The van der Waals surface area contributed by atoms with Gasteiger partial charge < -0.3 is 24.7 Å². The summed E-state index contributed by atoms with van der Waals surface area (Å²) in [4.78, 5) is 26.1. The van der Waals surface area contributed by atoms with Crippen LogP contribution in [0.3, 0.4) is 0 Å². The lowest BCUT2D eigenvalue weighted by Crippen LogP contribution is -3.12. The molecule has 2 amide bonds. The molecule has 1 atom stereocenters. The van der Waals surface area contributed by atoms with Crippen molar-refractivity contribution in [3.63, 3.8) is 0 Å². The summed E-state index contributed by atoms with van der Waals surface area (Å²) in [5, 5.41) is 5.61. The molecule has 0 spiro atoms. The first-order chi connectivity index (χ1) is 12.2. The molecule has 7 heteroatoms. The summed E-state index contributed by atoms with van der Waals surface area (Å²) >= 11 is 0. The van der Waals surface area contributed by atoms with Crippen LogP contribution in [0.4, 0.5) is 4.79 Å². The number of hydrogen-bond acceptors (Lipinski definition) is 4. The molecule has 3 rings (SSSR count). The highest BCUT2D eigenvalue weighted by Gasteiger charge is 2.36. The number of rotatable bonds is 5. The Bertz CT molecular complexity index is 631. The van der Waals surface area contributed by atoms with Crippen LogP contribution in [0.5, 0.6) is 0 Å². The zero-order valence-electron chi connectivity index (χ0n) is 14.6. The lowest BCUT2D eigenvalue weighted by Gasteiger charge is -2.29. The van der Waals surface area contributed by atoms with Gasteiger partial charge in [-0.3, -0.25) is 0 Å². The van der Waals surface area contributed by atoms with Gasteiger partial charge in [0.1, 0.15) is 18.3 Å². The Morgan fingerprint density at radius 2 is 2.08 bits per heavy atom. The van der Waals surface area contributed by atoms with Crippen molar-refractivity contribution in [1.29, 1.82) is 0 Å². The van der Waals surface area contributed by atoms with Gasteiger partial charge in [-0.25, -0.2) is 9.59 Å². The van der Waals surface area contributed by atoms with Gasteiger partial charge in [0.15, 0.2) is 0 Å². The molecule has 0 bridgehead atoms. The highest BCUT2D eigenvalue weighted by atomic mass is 16.5. The standard InChI is InChI=1S/C18H25N3O4/c1-2-24-17(22)15-13(12-21-9-5-3-4-6-10-21)19-18(23)20-16(15)14-8-7-11-25-14/h7-8,11,16H,2-6,9-10,12H2,1H3,(H2,19,20,23)/p+1/t16-/m0/s1. The number of urea groups is 1. The van der Waals surface area contributed by atoms with E-state index in [2.05, 4.69) is 10.6 Å². The molecule has 136 valence electrons. The quantitative estimate of drug-likeness (QED) is 0.691. The lowest BCUT2D eigenvalue weighted by molar-refractivity contribution is -0.894. The lowest BCUT2D eigenvalue weighted by atomic mass is 10.00. The number of carbonyl (C=O) groups excluding carboxylic acids is 2. The van der Waals surface area contributed by atoms with Crippen molar-refractivity contribution >= 4 is 12.0 Å². The molecular weight excluding hydrogens is 322 g/mol. The highest BCUT2D eigenvalue weighted by Crippen LogP contribution is 2.27. The second kappa shape index (κ2) is 8.20. The van der Waals surface area contributed by atoms with Gasteiger partial charge in [-0.2, -0.15) is 0 Å². The van der Waals surface area contributed by atoms with Gasteiger partial charge >= 0.3 is 12.0 Å². The normalized spacial score (nSPS) is 22.1. The third-order valence-corrected chi connectivity index (χ3v) is 4.71. The van der Waals surface area contributed by atoms with Crippen LogP contribution in [-0.4, -0.2) is 38.2 Å². The average Bonchev–Trinajstić information content (AvgIpc) is 3.00. The van der Waals surface area contributed by atoms with E-state index >= 15 is 0 Å². The summed E-state index contributed by atoms with van der Waals surface area (Å²) in [6.45, 7) is 4.77. The van der Waals surface area contributed by atoms with Crippen molar-refractivity contribution in [2.45, 2.75) is 38.6 Å². The van der Waals surface area contributed by atoms with Gasteiger partial charge in [0.25, 0.3) is 0 Å². The minimum Gasteiger partial charge on any atom is -0.467 e. The Labute approximate surface area is 147 Å². The Morgan fingerprint density at radius 3 is 2.72 bits per heavy atom. The van der Waals surface area contributed by atoms with E-state index in [9.17, 15) is 9.59 Å². The smallest absolute Gasteiger partial charge is 0.338 e. The summed E-state index contributed by atoms with van der Waals surface area (Å²) in [5.41, 5.74) is 1.08. The predicted molar refractivity (Wildman–Crippen MR) is 90.8 cm³/mol. The number of ether oxygens (including phenoxy) is 1. The molecule has 1 aromatic rings. The van der Waals surface area contributed by atoms with Gasteiger partial charge in [-0.15, -0.1) is 0 Å². The van der Waals surface area contributed by atoms with Crippen molar-refractivity contribution < 1.29 is 23.6 Å². The zero-order valence-corrected chi connectivity index (χ0v) is 14.6. The van der Waals surface area contributed by atoms with Crippen molar-refractivity contribution in [3.8, 4) is 0 Å². The summed E-state index contributed by atoms with van der Waals surface area (Å²) in [5.74, 6) is 0.113. The van der Waals surface area contributed by atoms with Gasteiger partial charge in [0.2, 0.25) is 0 Å². The third-order valence-electron chi connectivity index (χ3n) is 4.71. The molecule has 2 aliphatic heterocycles. The Hall–Kier alpha value is -2.28. The van der Waals surface area contributed by atoms with Crippen molar-refractivity contribution in [2.75, 3.05) is 26.2 Å². The minimum atomic E-state index is -0.621. The molecule has 2 aliphatic rings. The van der Waals surface area contributed by atoms with Crippen LogP contribution < -0.4 is 15.5 Å². The third kappa shape index (κ3) is 4.22. The number of quaternary nitrogens is 1. The maximum Gasteiger partial charge on any atom is 0.338 e. The molecule has 0 saturated carbocycles. The molecule has 1 saturated heterocycles. The summed E-state index contributed by atoms with van der Waals surface area (Å²) < 4.78 is 10.7. The van der Waals surface area contributed by atoms with E-state index in [1.54, 1.807) is 19.1 Å². The van der Waals surface area contributed by atoms with Gasteiger partial charge in [0.05, 0.1) is 37.2 Å². The molecule has 3 N–H and O–H groups in total. The molecular formula is C18H26N3O4+. The number of amides is 2. The topological polar surface area (TPSA) is 85.0 Å². The number of carbonyl (C=O) groups is 2. The predicted octanol–water partition coefficient (Wildman–Crippen LogP) is 0.910. The molecule has 0 unspecified atom stereocenters. The first-order valence-electron chi connectivity index (χ1n) is 9.03. The zero-order chi connectivity index (χ0) is 17.6. The molecule has 0 aromatic carbocycles. The van der Waals surface area contributed by atoms with E-state index in [0.29, 0.717) is 23.6 Å². The Kier molecular flexibility index (Phi) is 5.75. The van der Waals surface area contributed by atoms with Gasteiger partial charge in [-0.1, -0.05) is 0 Å². The van der Waals surface area contributed by atoms with E-state index in [1.165, 1.54) is 36.8 Å². The fourth-order valence-corrected chi connectivity index (χ4v) is 3.53. The van der Waals surface area contributed by atoms with E-state index in [-0.39, 0.29) is 12.6 Å². The monoisotopic (exact) mass is 348 g/mol. The van der Waals surface area contributed by atoms with Crippen LogP contribution in [0.2, 0.25) is 0 Å². The van der Waals surface area contributed by atoms with E-state index < -0.39 is 12.0 Å². The van der Waals surface area contributed by atoms with Crippen LogP contribution in [0.25, 0.3) is 0 Å². The maximum atomic E-state index is 12.6. The van der Waals surface area contributed by atoms with E-state index in [0.717, 1.165) is 13.1 Å². The number of hydrogen-bond donors (Lipinski definition) is 3. The maximum absolute atomic E-state index is 12.6. The SMILES string of the molecule is CCOC(=O)C1=C(C[NH+]2CCCCCC2)NC(=O)N[C@H]1c1ccco1. The Morgan fingerprint density at radius 1 is 1.32 bits per heavy atom. The highest BCUT2D eigenvalue weighted by molar-refractivity contribution is 5.95. The molecule has 7 nitrogen and oxygen atoms in total. The fraction of sp³-hybridized carbons (Fsp3) is 0.556. The molecule has 1 fully saturated rings. The summed E-state index contributed by atoms with van der Waals surface area (Å²) in [6, 6.07) is 2.56. The molecule has 0 radical (unpaired) electrons. The molecule has 0 aliphatic carbocycles. The van der Waals surface area contributed by atoms with Crippen LogP contribution in [0.15, 0.2) is 34.1 Å². The van der Waals surface area contributed by atoms with Crippen molar-refractivity contribution in [3.05, 3.63) is 35.4 Å². The van der Waals surface area contributed by atoms with E-state index in [4.69, 9.17) is 9.15 Å². The second-order valence-corrected chi connectivity index (χ2v) is 6.50. The fourth-order valence-electron chi connectivity index (χ4n) is 3.53. The van der Waals surface area contributed by atoms with Gasteiger partial charge in [0, 0.05) is 0 Å². The number of likely N-dealkylation sites (tertiary alicyclic amines) is 1.